The lowest BCUT2D eigenvalue weighted by atomic mass is 10.1. The molecule has 0 amide bonds. The van der Waals surface area contributed by atoms with E-state index in [-0.39, 0.29) is 5.82 Å². The number of benzene rings is 2. The molecule has 1 saturated heterocycles. The molecule has 3 aromatic rings. The Bertz CT molecular complexity index is 828. The number of halogens is 1. The average molecular weight is 354 g/mol. The first kappa shape index (κ1) is 16.2. The SMILES string of the molecule is Fc1ccccc1-c1snnc1CN1CCN(c2ccccc2)CC1. The number of anilines is 1. The van der Waals surface area contributed by atoms with Gasteiger partial charge in [0.1, 0.15) is 5.82 Å². The van der Waals surface area contributed by atoms with E-state index in [4.69, 9.17) is 0 Å². The minimum absolute atomic E-state index is 0.219. The van der Waals surface area contributed by atoms with Crippen molar-refractivity contribution in [3.63, 3.8) is 0 Å². The first-order valence-corrected chi connectivity index (χ1v) is 9.17. The van der Waals surface area contributed by atoms with E-state index in [2.05, 4.69) is 43.7 Å². The van der Waals surface area contributed by atoms with Gasteiger partial charge in [-0.1, -0.05) is 40.9 Å². The molecule has 4 rings (SSSR count). The van der Waals surface area contributed by atoms with Crippen LogP contribution in [-0.2, 0) is 6.54 Å². The highest BCUT2D eigenvalue weighted by Crippen LogP contribution is 2.29. The summed E-state index contributed by atoms with van der Waals surface area (Å²) < 4.78 is 18.1. The molecule has 0 spiro atoms. The second-order valence-electron chi connectivity index (χ2n) is 6.13. The van der Waals surface area contributed by atoms with Gasteiger partial charge in [0.2, 0.25) is 0 Å². The summed E-state index contributed by atoms with van der Waals surface area (Å²) in [6.07, 6.45) is 0. The Balaban J connectivity index is 1.43. The molecule has 0 unspecified atom stereocenters. The van der Waals surface area contributed by atoms with Crippen molar-refractivity contribution in [2.75, 3.05) is 31.1 Å². The molecule has 25 heavy (non-hydrogen) atoms. The number of hydrogen-bond donors (Lipinski definition) is 0. The van der Waals surface area contributed by atoms with Crippen LogP contribution in [0.1, 0.15) is 5.69 Å². The maximum absolute atomic E-state index is 14.1. The Morgan fingerprint density at radius 2 is 1.64 bits per heavy atom. The summed E-state index contributed by atoms with van der Waals surface area (Å²) in [6, 6.07) is 17.3. The van der Waals surface area contributed by atoms with E-state index in [1.165, 1.54) is 23.3 Å². The third-order valence-electron chi connectivity index (χ3n) is 4.54. The molecule has 6 heteroatoms. The van der Waals surface area contributed by atoms with Crippen LogP contribution in [0.25, 0.3) is 10.4 Å². The monoisotopic (exact) mass is 354 g/mol. The van der Waals surface area contributed by atoms with Crippen LogP contribution in [0.2, 0.25) is 0 Å². The van der Waals surface area contributed by atoms with Gasteiger partial charge in [0.15, 0.2) is 0 Å². The quantitative estimate of drug-likeness (QED) is 0.716. The van der Waals surface area contributed by atoms with Crippen molar-refractivity contribution in [3.8, 4) is 10.4 Å². The molecule has 0 radical (unpaired) electrons. The van der Waals surface area contributed by atoms with Crippen molar-refractivity contribution in [2.24, 2.45) is 0 Å². The van der Waals surface area contributed by atoms with Crippen molar-refractivity contribution in [1.82, 2.24) is 14.5 Å². The summed E-state index contributed by atoms with van der Waals surface area (Å²) in [5.74, 6) is -0.219. The molecule has 0 saturated carbocycles. The van der Waals surface area contributed by atoms with Gasteiger partial charge in [-0.25, -0.2) is 4.39 Å². The van der Waals surface area contributed by atoms with Gasteiger partial charge in [-0.3, -0.25) is 4.90 Å². The van der Waals surface area contributed by atoms with Gasteiger partial charge in [0.05, 0.1) is 10.6 Å². The van der Waals surface area contributed by atoms with Gasteiger partial charge in [0.25, 0.3) is 0 Å². The zero-order chi connectivity index (χ0) is 17.1. The van der Waals surface area contributed by atoms with Crippen LogP contribution < -0.4 is 4.90 Å². The molecule has 0 bridgehead atoms. The zero-order valence-corrected chi connectivity index (χ0v) is 14.6. The van der Waals surface area contributed by atoms with Crippen molar-refractivity contribution in [3.05, 3.63) is 66.1 Å². The van der Waals surface area contributed by atoms with Crippen molar-refractivity contribution in [1.29, 1.82) is 0 Å². The van der Waals surface area contributed by atoms with Gasteiger partial charge in [-0.2, -0.15) is 0 Å². The number of piperazine rings is 1. The summed E-state index contributed by atoms with van der Waals surface area (Å²) in [5.41, 5.74) is 2.73. The Hall–Kier alpha value is -2.31. The standard InChI is InChI=1S/C19H19FN4S/c20-17-9-5-4-8-16(17)19-18(21-22-25-19)14-23-10-12-24(13-11-23)15-6-2-1-3-7-15/h1-9H,10-14H2. The highest BCUT2D eigenvalue weighted by molar-refractivity contribution is 7.09. The molecule has 1 aliphatic heterocycles. The fourth-order valence-electron chi connectivity index (χ4n) is 3.18. The van der Waals surface area contributed by atoms with Crippen LogP contribution in [0.3, 0.4) is 0 Å². The normalized spacial score (nSPS) is 15.5. The number of aromatic nitrogens is 2. The first-order chi connectivity index (χ1) is 12.3. The van der Waals surface area contributed by atoms with Crippen molar-refractivity contribution >= 4 is 17.2 Å². The van der Waals surface area contributed by atoms with Gasteiger partial charge < -0.3 is 4.90 Å². The summed E-state index contributed by atoms with van der Waals surface area (Å²) in [7, 11) is 0. The minimum Gasteiger partial charge on any atom is -0.369 e. The first-order valence-electron chi connectivity index (χ1n) is 8.40. The lowest BCUT2D eigenvalue weighted by Gasteiger charge is -2.35. The molecule has 128 valence electrons. The third-order valence-corrected chi connectivity index (χ3v) is 5.34. The predicted molar refractivity (Wildman–Crippen MR) is 99.2 cm³/mol. The summed E-state index contributed by atoms with van der Waals surface area (Å²) in [5, 5.41) is 4.25. The molecular weight excluding hydrogens is 335 g/mol. The van der Waals surface area contributed by atoms with E-state index < -0.39 is 0 Å². The van der Waals surface area contributed by atoms with Crippen LogP contribution in [0, 0.1) is 5.82 Å². The molecule has 1 fully saturated rings. The van der Waals surface area contributed by atoms with Crippen molar-refractivity contribution < 1.29 is 4.39 Å². The summed E-state index contributed by atoms with van der Waals surface area (Å²) in [4.78, 5) is 5.59. The van der Waals surface area contributed by atoms with Crippen LogP contribution in [-0.4, -0.2) is 40.7 Å². The topological polar surface area (TPSA) is 32.3 Å². The fourth-order valence-corrected chi connectivity index (χ4v) is 3.87. The second-order valence-corrected chi connectivity index (χ2v) is 6.88. The van der Waals surface area contributed by atoms with Gasteiger partial charge >= 0.3 is 0 Å². The second kappa shape index (κ2) is 7.29. The number of rotatable bonds is 4. The molecular formula is C19H19FN4S. The van der Waals surface area contributed by atoms with E-state index >= 15 is 0 Å². The predicted octanol–water partition coefficient (Wildman–Crippen LogP) is 3.67. The highest BCUT2D eigenvalue weighted by Gasteiger charge is 2.21. The smallest absolute Gasteiger partial charge is 0.131 e. The van der Waals surface area contributed by atoms with E-state index in [0.29, 0.717) is 12.1 Å². The number of hydrogen-bond acceptors (Lipinski definition) is 5. The Morgan fingerprint density at radius 1 is 0.920 bits per heavy atom. The molecule has 0 aliphatic carbocycles. The van der Waals surface area contributed by atoms with E-state index in [1.807, 2.05) is 12.1 Å². The summed E-state index contributed by atoms with van der Waals surface area (Å²) >= 11 is 1.26. The van der Waals surface area contributed by atoms with Crippen LogP contribution in [0.4, 0.5) is 10.1 Å². The Morgan fingerprint density at radius 3 is 2.40 bits per heavy atom. The number of nitrogens with zero attached hydrogens (tertiary/aromatic N) is 4. The number of para-hydroxylation sites is 1. The molecule has 2 aromatic carbocycles. The van der Waals surface area contributed by atoms with E-state index in [9.17, 15) is 4.39 Å². The lowest BCUT2D eigenvalue weighted by Crippen LogP contribution is -2.46. The van der Waals surface area contributed by atoms with Crippen molar-refractivity contribution in [2.45, 2.75) is 6.54 Å². The largest absolute Gasteiger partial charge is 0.369 e. The van der Waals surface area contributed by atoms with Crippen LogP contribution in [0.5, 0.6) is 0 Å². The molecule has 0 atom stereocenters. The Kier molecular flexibility index (Phi) is 4.72. The maximum atomic E-state index is 14.1. The molecule has 1 aromatic heterocycles. The average Bonchev–Trinajstić information content (AvgIpc) is 3.11. The van der Waals surface area contributed by atoms with Gasteiger partial charge in [0, 0.05) is 44.0 Å². The fraction of sp³-hybridized carbons (Fsp3) is 0.263. The minimum atomic E-state index is -0.219. The third kappa shape index (κ3) is 3.55. The molecule has 2 heterocycles. The lowest BCUT2D eigenvalue weighted by molar-refractivity contribution is 0.247. The zero-order valence-electron chi connectivity index (χ0n) is 13.8. The van der Waals surface area contributed by atoms with E-state index in [1.54, 1.807) is 12.1 Å². The summed E-state index contributed by atoms with van der Waals surface area (Å²) in [6.45, 7) is 4.60. The van der Waals surface area contributed by atoms with Crippen LogP contribution in [0.15, 0.2) is 54.6 Å². The van der Waals surface area contributed by atoms with E-state index in [0.717, 1.165) is 36.8 Å². The van der Waals surface area contributed by atoms with Gasteiger partial charge in [-0.05, 0) is 29.7 Å². The highest BCUT2D eigenvalue weighted by atomic mass is 32.1. The van der Waals surface area contributed by atoms with Crippen LogP contribution >= 0.6 is 11.5 Å². The molecule has 0 N–H and O–H groups in total. The van der Waals surface area contributed by atoms with Gasteiger partial charge in [-0.15, -0.1) is 5.10 Å². The maximum Gasteiger partial charge on any atom is 0.131 e. The molecule has 1 aliphatic rings. The molecule has 4 nitrogen and oxygen atoms in total. The Labute approximate surface area is 150 Å².